The topological polar surface area (TPSA) is 50.4 Å². The first-order chi connectivity index (χ1) is 7.20. The molecule has 1 unspecified atom stereocenters. The zero-order valence-electron chi connectivity index (χ0n) is 8.41. The van der Waals surface area contributed by atoms with Gasteiger partial charge in [0.2, 0.25) is 0 Å². The van der Waals surface area contributed by atoms with E-state index in [1.165, 1.54) is 6.07 Å². The number of halogens is 3. The molecule has 88 valence electrons. The zero-order valence-corrected chi connectivity index (χ0v) is 9.98. The highest BCUT2D eigenvalue weighted by Crippen LogP contribution is 2.22. The summed E-state index contributed by atoms with van der Waals surface area (Å²) in [6.45, 7) is 1.44. The Bertz CT molecular complexity index is 409. The second-order valence-corrected chi connectivity index (χ2v) is 3.72. The van der Waals surface area contributed by atoms with Crippen LogP contribution in [0.2, 0.25) is 5.02 Å². The third kappa shape index (κ3) is 2.45. The van der Waals surface area contributed by atoms with Crippen LogP contribution in [0, 0.1) is 5.82 Å². The highest BCUT2D eigenvalue weighted by Gasteiger charge is 2.20. The molecule has 1 aromatic rings. The van der Waals surface area contributed by atoms with E-state index in [0.29, 0.717) is 17.9 Å². The lowest BCUT2D eigenvalue weighted by molar-refractivity contribution is 0.605. The molecule has 6 heteroatoms. The van der Waals surface area contributed by atoms with E-state index in [9.17, 15) is 4.39 Å². The molecule has 0 aromatic heterocycles. The Morgan fingerprint density at radius 2 is 2.25 bits per heavy atom. The monoisotopic (exact) mass is 263 g/mol. The largest absolute Gasteiger partial charge is 0.370 e. The van der Waals surface area contributed by atoms with Gasteiger partial charge in [-0.1, -0.05) is 23.7 Å². The average Bonchev–Trinajstić information content (AvgIpc) is 2.74. The molecule has 1 aliphatic rings. The summed E-state index contributed by atoms with van der Waals surface area (Å²) in [6, 6.07) is 4.23. The zero-order chi connectivity index (χ0) is 10.8. The Morgan fingerprint density at radius 1 is 1.50 bits per heavy atom. The van der Waals surface area contributed by atoms with Crippen molar-refractivity contribution in [1.29, 1.82) is 0 Å². The summed E-state index contributed by atoms with van der Waals surface area (Å²) in [7, 11) is 0. The van der Waals surface area contributed by atoms with Gasteiger partial charge >= 0.3 is 0 Å². The van der Waals surface area contributed by atoms with Gasteiger partial charge < -0.3 is 11.1 Å². The number of hydrogen-bond donors (Lipinski definition) is 2. The highest BCUT2D eigenvalue weighted by atomic mass is 35.5. The molecular formula is C10H12Cl2FN3. The highest BCUT2D eigenvalue weighted by molar-refractivity contribution is 6.30. The summed E-state index contributed by atoms with van der Waals surface area (Å²) in [5, 5.41) is 3.10. The fourth-order valence-electron chi connectivity index (χ4n) is 1.53. The number of nitrogens with two attached hydrogens (primary N) is 1. The van der Waals surface area contributed by atoms with Crippen LogP contribution >= 0.6 is 24.0 Å². The Labute approximate surface area is 104 Å². The second-order valence-electron chi connectivity index (χ2n) is 3.31. The first kappa shape index (κ1) is 13.2. The molecule has 0 bridgehead atoms. The van der Waals surface area contributed by atoms with E-state index >= 15 is 0 Å². The van der Waals surface area contributed by atoms with Crippen molar-refractivity contribution >= 4 is 29.8 Å². The fourth-order valence-corrected chi connectivity index (χ4v) is 1.71. The smallest absolute Gasteiger partial charge is 0.147 e. The van der Waals surface area contributed by atoms with Crippen LogP contribution in [0.4, 0.5) is 4.39 Å². The lowest BCUT2D eigenvalue weighted by Gasteiger charge is -2.13. The molecule has 0 saturated carbocycles. The van der Waals surface area contributed by atoms with Gasteiger partial charge in [-0.2, -0.15) is 0 Å². The molecular weight excluding hydrogens is 252 g/mol. The van der Waals surface area contributed by atoms with Gasteiger partial charge in [0.1, 0.15) is 11.7 Å². The quantitative estimate of drug-likeness (QED) is 0.857. The van der Waals surface area contributed by atoms with Crippen molar-refractivity contribution in [3.05, 3.63) is 34.6 Å². The number of rotatable bonds is 2. The lowest BCUT2D eigenvalue weighted by Crippen LogP contribution is -2.31. The molecule has 1 heterocycles. The van der Waals surface area contributed by atoms with Crippen molar-refractivity contribution in [2.24, 2.45) is 10.7 Å². The van der Waals surface area contributed by atoms with E-state index in [2.05, 4.69) is 10.3 Å². The van der Waals surface area contributed by atoms with Crippen molar-refractivity contribution in [1.82, 2.24) is 5.32 Å². The van der Waals surface area contributed by atoms with Crippen LogP contribution in [0.25, 0.3) is 0 Å². The van der Waals surface area contributed by atoms with Gasteiger partial charge in [0.05, 0.1) is 17.6 Å². The van der Waals surface area contributed by atoms with Crippen molar-refractivity contribution in [3.63, 3.8) is 0 Å². The Balaban J connectivity index is 0.00000128. The predicted octanol–water partition coefficient (Wildman–Crippen LogP) is 1.90. The summed E-state index contributed by atoms with van der Waals surface area (Å²) in [4.78, 5) is 4.15. The van der Waals surface area contributed by atoms with Crippen LogP contribution < -0.4 is 11.1 Å². The normalized spacial score (nSPS) is 16.1. The van der Waals surface area contributed by atoms with Gasteiger partial charge in [-0.3, -0.25) is 4.99 Å². The summed E-state index contributed by atoms with van der Waals surface area (Å²) in [5.74, 6) is 0.152. The average molecular weight is 264 g/mol. The summed E-state index contributed by atoms with van der Waals surface area (Å²) >= 11 is 5.67. The summed E-state index contributed by atoms with van der Waals surface area (Å²) in [6.07, 6.45) is 0. The van der Waals surface area contributed by atoms with Gasteiger partial charge in [0, 0.05) is 12.1 Å². The number of nitrogens with zero attached hydrogens (tertiary/aromatic N) is 1. The number of amidine groups is 1. The van der Waals surface area contributed by atoms with Gasteiger partial charge in [-0.25, -0.2) is 4.39 Å². The Kier molecular flexibility index (Phi) is 4.53. The van der Waals surface area contributed by atoms with Crippen molar-refractivity contribution in [2.45, 2.75) is 6.04 Å². The number of hydrogen-bond acceptors (Lipinski definition) is 3. The van der Waals surface area contributed by atoms with Crippen LogP contribution in [0.1, 0.15) is 11.6 Å². The molecule has 16 heavy (non-hydrogen) atoms. The molecule has 0 amide bonds. The van der Waals surface area contributed by atoms with Crippen LogP contribution in [0.15, 0.2) is 23.2 Å². The minimum atomic E-state index is -0.564. The van der Waals surface area contributed by atoms with E-state index in [4.69, 9.17) is 17.3 Å². The molecule has 0 aliphatic carbocycles. The Hall–Kier alpha value is -0.840. The maximum atomic E-state index is 13.6. The summed E-state index contributed by atoms with van der Waals surface area (Å²) < 4.78 is 13.6. The minimum Gasteiger partial charge on any atom is -0.370 e. The molecule has 0 spiro atoms. The maximum absolute atomic E-state index is 13.6. The van der Waals surface area contributed by atoms with E-state index in [1.807, 2.05) is 0 Å². The molecule has 1 aromatic carbocycles. The second kappa shape index (κ2) is 5.48. The molecule has 1 aliphatic heterocycles. The van der Waals surface area contributed by atoms with Crippen molar-refractivity contribution in [2.75, 3.05) is 13.1 Å². The van der Waals surface area contributed by atoms with Crippen LogP contribution in [-0.2, 0) is 0 Å². The van der Waals surface area contributed by atoms with Crippen LogP contribution in [0.3, 0.4) is 0 Å². The molecule has 2 rings (SSSR count). The first-order valence-corrected chi connectivity index (χ1v) is 5.05. The van der Waals surface area contributed by atoms with Gasteiger partial charge in [-0.15, -0.1) is 12.4 Å². The molecule has 0 fully saturated rings. The van der Waals surface area contributed by atoms with Crippen LogP contribution in [-0.4, -0.2) is 18.9 Å². The lowest BCUT2D eigenvalue weighted by atomic mass is 10.1. The predicted molar refractivity (Wildman–Crippen MR) is 65.9 cm³/mol. The standard InChI is InChI=1S/C10H11ClFN3.ClH/c11-7-3-1-2-6(8(7)12)9(13)10-14-4-5-15-10;/h1-3,9H,4-5,13H2,(H,14,15);1H. The molecule has 0 radical (unpaired) electrons. The summed E-state index contributed by atoms with van der Waals surface area (Å²) in [5.41, 5.74) is 6.25. The molecule has 3 nitrogen and oxygen atoms in total. The van der Waals surface area contributed by atoms with E-state index < -0.39 is 11.9 Å². The van der Waals surface area contributed by atoms with Crippen molar-refractivity contribution < 1.29 is 4.39 Å². The maximum Gasteiger partial charge on any atom is 0.147 e. The van der Waals surface area contributed by atoms with E-state index in [0.717, 1.165) is 6.54 Å². The van der Waals surface area contributed by atoms with Crippen molar-refractivity contribution in [3.8, 4) is 0 Å². The third-order valence-electron chi connectivity index (χ3n) is 2.31. The van der Waals surface area contributed by atoms with Crippen LogP contribution in [0.5, 0.6) is 0 Å². The van der Waals surface area contributed by atoms with Gasteiger partial charge in [0.25, 0.3) is 0 Å². The van der Waals surface area contributed by atoms with Gasteiger partial charge in [-0.05, 0) is 6.07 Å². The van der Waals surface area contributed by atoms with E-state index in [-0.39, 0.29) is 17.4 Å². The van der Waals surface area contributed by atoms with E-state index in [1.54, 1.807) is 12.1 Å². The Morgan fingerprint density at radius 3 is 2.88 bits per heavy atom. The number of benzene rings is 1. The number of nitrogens with one attached hydrogen (secondary N) is 1. The fraction of sp³-hybridized carbons (Fsp3) is 0.300. The minimum absolute atomic E-state index is 0. The molecule has 0 saturated heterocycles. The van der Waals surface area contributed by atoms with Gasteiger partial charge in [0.15, 0.2) is 0 Å². The molecule has 3 N–H and O–H groups in total. The first-order valence-electron chi connectivity index (χ1n) is 4.68. The SMILES string of the molecule is Cl.NC(C1=NCCN1)c1cccc(Cl)c1F. The third-order valence-corrected chi connectivity index (χ3v) is 2.60. The number of aliphatic imine (C=N–C) groups is 1. The molecule has 1 atom stereocenters.